The smallest absolute Gasteiger partial charge is 0.244 e. The Balaban J connectivity index is 1.93. The molecule has 0 saturated heterocycles. The van der Waals surface area contributed by atoms with Crippen LogP contribution in [-0.4, -0.2) is 31.6 Å². The molecular formula is C24H30N2O4. The zero-order valence-corrected chi connectivity index (χ0v) is 18.3. The molecule has 2 aromatic rings. The molecule has 2 rings (SSSR count). The van der Waals surface area contributed by atoms with Gasteiger partial charge in [-0.15, -0.1) is 0 Å². The Morgan fingerprint density at radius 3 is 2.20 bits per heavy atom. The highest BCUT2D eigenvalue weighted by molar-refractivity contribution is 5.98. The summed E-state index contributed by atoms with van der Waals surface area (Å²) in [5.41, 5.74) is 4.71. The van der Waals surface area contributed by atoms with Crippen LogP contribution in [0.1, 0.15) is 36.1 Å². The van der Waals surface area contributed by atoms with E-state index in [0.717, 1.165) is 27.9 Å². The summed E-state index contributed by atoms with van der Waals surface area (Å²) in [6.07, 6.45) is 3.06. The van der Waals surface area contributed by atoms with Gasteiger partial charge in [0.1, 0.15) is 0 Å². The van der Waals surface area contributed by atoms with E-state index >= 15 is 0 Å². The molecule has 160 valence electrons. The number of anilines is 1. The minimum atomic E-state index is -0.352. The first-order chi connectivity index (χ1) is 14.3. The maximum Gasteiger partial charge on any atom is 0.244 e. The summed E-state index contributed by atoms with van der Waals surface area (Å²) in [7, 11) is 0. The molecule has 0 unspecified atom stereocenters. The summed E-state index contributed by atoms with van der Waals surface area (Å²) in [4.78, 5) is 24.3. The minimum Gasteiger partial charge on any atom is -0.490 e. The number of hydrogen-bond acceptors (Lipinski definition) is 4. The molecule has 6 nitrogen and oxygen atoms in total. The van der Waals surface area contributed by atoms with Gasteiger partial charge in [0.2, 0.25) is 11.8 Å². The van der Waals surface area contributed by atoms with E-state index in [9.17, 15) is 9.59 Å². The van der Waals surface area contributed by atoms with Crippen LogP contribution in [0, 0.1) is 20.8 Å². The molecule has 0 aliphatic heterocycles. The lowest BCUT2D eigenvalue weighted by molar-refractivity contribution is -0.121. The van der Waals surface area contributed by atoms with Crippen molar-refractivity contribution < 1.29 is 19.1 Å². The molecule has 0 aliphatic rings. The number of nitrogens with one attached hydrogen (secondary N) is 2. The van der Waals surface area contributed by atoms with E-state index in [1.54, 1.807) is 6.08 Å². The molecule has 0 fully saturated rings. The van der Waals surface area contributed by atoms with Crippen LogP contribution in [-0.2, 0) is 9.59 Å². The fourth-order valence-electron chi connectivity index (χ4n) is 3.13. The number of aryl methyl sites for hydroxylation is 3. The van der Waals surface area contributed by atoms with Crippen molar-refractivity contribution in [2.75, 3.05) is 25.1 Å². The molecule has 0 atom stereocenters. The molecule has 0 saturated carbocycles. The first-order valence-corrected chi connectivity index (χ1v) is 10.1. The van der Waals surface area contributed by atoms with Gasteiger partial charge in [0, 0.05) is 11.8 Å². The molecule has 6 heteroatoms. The molecule has 0 spiro atoms. The molecule has 30 heavy (non-hydrogen) atoms. The Hall–Kier alpha value is -3.28. The van der Waals surface area contributed by atoms with Gasteiger partial charge in [-0.3, -0.25) is 9.59 Å². The van der Waals surface area contributed by atoms with Crippen molar-refractivity contribution in [1.82, 2.24) is 5.32 Å². The van der Waals surface area contributed by atoms with Crippen LogP contribution in [0.5, 0.6) is 11.5 Å². The van der Waals surface area contributed by atoms with Crippen molar-refractivity contribution >= 4 is 23.6 Å². The van der Waals surface area contributed by atoms with E-state index in [4.69, 9.17) is 9.47 Å². The number of hydrogen-bond donors (Lipinski definition) is 2. The largest absolute Gasteiger partial charge is 0.490 e. The number of benzene rings is 2. The second kappa shape index (κ2) is 11.0. The number of amides is 2. The molecule has 2 amide bonds. The highest BCUT2D eigenvalue weighted by Crippen LogP contribution is 2.29. The zero-order valence-electron chi connectivity index (χ0n) is 18.3. The van der Waals surface area contributed by atoms with Crippen LogP contribution in [0.3, 0.4) is 0 Å². The van der Waals surface area contributed by atoms with Crippen molar-refractivity contribution in [2.24, 2.45) is 0 Å². The summed E-state index contributed by atoms with van der Waals surface area (Å²) < 4.78 is 11.1. The van der Waals surface area contributed by atoms with Crippen molar-refractivity contribution in [2.45, 2.75) is 34.6 Å². The van der Waals surface area contributed by atoms with Crippen molar-refractivity contribution in [3.05, 3.63) is 58.7 Å². The Labute approximate surface area is 178 Å². The van der Waals surface area contributed by atoms with E-state index in [1.165, 1.54) is 6.08 Å². The Kier molecular flexibility index (Phi) is 8.47. The molecule has 0 aliphatic carbocycles. The van der Waals surface area contributed by atoms with Gasteiger partial charge in [-0.2, -0.15) is 0 Å². The molecular weight excluding hydrogens is 380 g/mol. The summed E-state index contributed by atoms with van der Waals surface area (Å²) in [5.74, 6) is 0.672. The number of carbonyl (C=O) groups excluding carboxylic acids is 2. The highest BCUT2D eigenvalue weighted by Gasteiger charge is 2.09. The monoisotopic (exact) mass is 410 g/mol. The van der Waals surface area contributed by atoms with Gasteiger partial charge >= 0.3 is 0 Å². The van der Waals surface area contributed by atoms with E-state index in [2.05, 4.69) is 10.6 Å². The Morgan fingerprint density at radius 1 is 0.933 bits per heavy atom. The SMILES string of the molecule is CCOc1ccc(/C=C/C(=O)NCC(=O)Nc2c(C)cc(C)cc2C)cc1OCC. The van der Waals surface area contributed by atoms with Crippen molar-refractivity contribution in [3.8, 4) is 11.5 Å². The molecule has 0 heterocycles. The van der Waals surface area contributed by atoms with E-state index in [1.807, 2.05) is 65.0 Å². The topological polar surface area (TPSA) is 76.7 Å². The Bertz CT molecular complexity index is 912. The predicted octanol–water partition coefficient (Wildman–Crippen LogP) is 4.18. The second-order valence-corrected chi connectivity index (χ2v) is 6.95. The van der Waals surface area contributed by atoms with Crippen LogP contribution in [0.25, 0.3) is 6.08 Å². The fourth-order valence-corrected chi connectivity index (χ4v) is 3.13. The quantitative estimate of drug-likeness (QED) is 0.608. The standard InChI is InChI=1S/C24H30N2O4/c1-6-29-20-10-8-19(14-21(20)30-7-2)9-11-22(27)25-15-23(28)26-24-17(4)12-16(3)13-18(24)5/h8-14H,6-7,15H2,1-5H3,(H,25,27)(H,26,28)/b11-9+. The second-order valence-electron chi connectivity index (χ2n) is 6.95. The third-order valence-corrected chi connectivity index (χ3v) is 4.36. The average Bonchev–Trinajstić information content (AvgIpc) is 2.69. The number of carbonyl (C=O) groups is 2. The maximum absolute atomic E-state index is 12.2. The number of rotatable bonds is 9. The maximum atomic E-state index is 12.2. The van der Waals surface area contributed by atoms with E-state index in [-0.39, 0.29) is 18.4 Å². The molecule has 2 N–H and O–H groups in total. The fraction of sp³-hybridized carbons (Fsp3) is 0.333. The summed E-state index contributed by atoms with van der Waals surface area (Å²) in [5, 5.41) is 5.47. The van der Waals surface area contributed by atoms with Crippen LogP contribution < -0.4 is 20.1 Å². The van der Waals surface area contributed by atoms with Crippen LogP contribution in [0.4, 0.5) is 5.69 Å². The third kappa shape index (κ3) is 6.65. The van der Waals surface area contributed by atoms with Gasteiger partial charge in [0.05, 0.1) is 19.8 Å². The van der Waals surface area contributed by atoms with Crippen LogP contribution in [0.15, 0.2) is 36.4 Å². The van der Waals surface area contributed by atoms with Gasteiger partial charge in [0.15, 0.2) is 11.5 Å². The van der Waals surface area contributed by atoms with Crippen molar-refractivity contribution in [1.29, 1.82) is 0 Å². The molecule has 0 aromatic heterocycles. The lowest BCUT2D eigenvalue weighted by Crippen LogP contribution is -2.32. The lowest BCUT2D eigenvalue weighted by atomic mass is 10.1. The van der Waals surface area contributed by atoms with Crippen LogP contribution in [0.2, 0.25) is 0 Å². The summed E-state index contributed by atoms with van der Waals surface area (Å²) in [6, 6.07) is 9.49. The van der Waals surface area contributed by atoms with Crippen LogP contribution >= 0.6 is 0 Å². The third-order valence-electron chi connectivity index (χ3n) is 4.36. The molecule has 0 radical (unpaired) electrons. The average molecular weight is 411 g/mol. The normalized spacial score (nSPS) is 10.7. The Morgan fingerprint density at radius 2 is 1.57 bits per heavy atom. The predicted molar refractivity (Wildman–Crippen MR) is 120 cm³/mol. The molecule has 2 aromatic carbocycles. The first-order valence-electron chi connectivity index (χ1n) is 10.1. The molecule has 0 bridgehead atoms. The summed E-state index contributed by atoms with van der Waals surface area (Å²) in [6.45, 7) is 10.7. The van der Waals surface area contributed by atoms with E-state index < -0.39 is 0 Å². The van der Waals surface area contributed by atoms with Gasteiger partial charge in [-0.25, -0.2) is 0 Å². The summed E-state index contributed by atoms with van der Waals surface area (Å²) >= 11 is 0. The first kappa shape index (κ1) is 23.0. The number of ether oxygens (including phenoxy) is 2. The minimum absolute atomic E-state index is 0.108. The van der Waals surface area contributed by atoms with Gasteiger partial charge < -0.3 is 20.1 Å². The van der Waals surface area contributed by atoms with Gasteiger partial charge in [0.25, 0.3) is 0 Å². The van der Waals surface area contributed by atoms with Gasteiger partial charge in [-0.1, -0.05) is 23.8 Å². The van der Waals surface area contributed by atoms with E-state index in [0.29, 0.717) is 24.7 Å². The zero-order chi connectivity index (χ0) is 22.1. The van der Waals surface area contributed by atoms with Crippen molar-refractivity contribution in [3.63, 3.8) is 0 Å². The highest BCUT2D eigenvalue weighted by atomic mass is 16.5. The van der Waals surface area contributed by atoms with Gasteiger partial charge in [-0.05, 0) is 69.5 Å². The lowest BCUT2D eigenvalue weighted by Gasteiger charge is -2.13.